The molecule has 0 unspecified atom stereocenters. The second-order valence-electron chi connectivity index (χ2n) is 8.55. The summed E-state index contributed by atoms with van der Waals surface area (Å²) in [5, 5.41) is 8.56. The zero-order chi connectivity index (χ0) is 25.1. The molecule has 0 saturated carbocycles. The van der Waals surface area contributed by atoms with Crippen LogP contribution >= 0.6 is 0 Å². The van der Waals surface area contributed by atoms with Crippen molar-refractivity contribution >= 4 is 23.0 Å². The Kier molecular flexibility index (Phi) is 7.14. The first-order valence-corrected chi connectivity index (χ1v) is 11.7. The Morgan fingerprint density at radius 3 is 2.66 bits per heavy atom. The number of pyridine rings is 1. The third-order valence-electron chi connectivity index (χ3n) is 6.43. The Bertz CT molecular complexity index is 1340. The molecule has 1 aromatic carbocycles. The first-order chi connectivity index (χ1) is 16.8. The van der Waals surface area contributed by atoms with Crippen molar-refractivity contribution in [3.8, 4) is 11.3 Å². The van der Waals surface area contributed by atoms with Crippen LogP contribution in [0.3, 0.4) is 0 Å². The third kappa shape index (κ3) is 4.89. The van der Waals surface area contributed by atoms with Crippen LogP contribution in [0.4, 0.5) is 8.78 Å². The monoisotopic (exact) mass is 478 g/mol. The second-order valence-corrected chi connectivity index (χ2v) is 8.55. The lowest BCUT2D eigenvalue weighted by Crippen LogP contribution is -2.33. The van der Waals surface area contributed by atoms with Gasteiger partial charge < -0.3 is 4.90 Å². The number of halogens is 2. The van der Waals surface area contributed by atoms with Gasteiger partial charge in [-0.25, -0.2) is 18.5 Å². The largest absolute Gasteiger partial charge is 0.357 e. The molecular weight excluding hydrogens is 450 g/mol. The standard InChI is InChI=1S/C26H28F2N6O/c1-5-18(6-2)14-29-17(4)33-11-9-19(10-12-33)34-24-15-30-22(13-23(24)31-32-34)21-8-7-20(16(3)35)25(27)26(21)28/h5,7-8,13-15,19H,4,6,9-12H2,1-3H3/b18-5-,29-14-. The minimum Gasteiger partial charge on any atom is -0.357 e. The molecule has 182 valence electrons. The molecule has 0 bridgehead atoms. The van der Waals surface area contributed by atoms with E-state index in [4.69, 9.17) is 0 Å². The minimum absolute atomic E-state index is 0.0273. The van der Waals surface area contributed by atoms with Crippen molar-refractivity contribution in [2.45, 2.75) is 46.1 Å². The topological polar surface area (TPSA) is 76.3 Å². The summed E-state index contributed by atoms with van der Waals surface area (Å²) in [7, 11) is 0. The van der Waals surface area contributed by atoms with Gasteiger partial charge >= 0.3 is 0 Å². The van der Waals surface area contributed by atoms with Gasteiger partial charge in [-0.2, -0.15) is 0 Å². The number of rotatable bonds is 7. The summed E-state index contributed by atoms with van der Waals surface area (Å²) in [6, 6.07) is 4.35. The van der Waals surface area contributed by atoms with E-state index in [0.29, 0.717) is 5.52 Å². The number of hydrogen-bond donors (Lipinski definition) is 0. The van der Waals surface area contributed by atoms with Crippen LogP contribution in [-0.2, 0) is 0 Å². The zero-order valence-electron chi connectivity index (χ0n) is 20.1. The lowest BCUT2D eigenvalue weighted by molar-refractivity contribution is 0.101. The molecule has 0 spiro atoms. The molecule has 35 heavy (non-hydrogen) atoms. The molecule has 3 heterocycles. The number of benzene rings is 1. The Morgan fingerprint density at radius 1 is 1.26 bits per heavy atom. The average molecular weight is 479 g/mol. The number of fused-ring (bicyclic) bond motifs is 1. The smallest absolute Gasteiger partial charge is 0.170 e. The average Bonchev–Trinajstić information content (AvgIpc) is 3.29. The molecule has 0 atom stereocenters. The number of Topliss-reactive ketones (excluding diaryl/α,β-unsaturated/α-hetero) is 1. The van der Waals surface area contributed by atoms with Crippen LogP contribution in [0.2, 0.25) is 0 Å². The van der Waals surface area contributed by atoms with E-state index in [-0.39, 0.29) is 22.9 Å². The van der Waals surface area contributed by atoms with Crippen molar-refractivity contribution in [1.29, 1.82) is 0 Å². The van der Waals surface area contributed by atoms with Gasteiger partial charge in [0.2, 0.25) is 0 Å². The highest BCUT2D eigenvalue weighted by Crippen LogP contribution is 2.30. The Balaban J connectivity index is 1.50. The van der Waals surface area contributed by atoms with E-state index in [1.807, 2.05) is 23.9 Å². The van der Waals surface area contributed by atoms with Crippen LogP contribution in [0.25, 0.3) is 22.3 Å². The summed E-state index contributed by atoms with van der Waals surface area (Å²) < 4.78 is 30.8. The number of hydrogen-bond acceptors (Lipinski definition) is 6. The predicted octanol–water partition coefficient (Wildman–Crippen LogP) is 5.51. The highest BCUT2D eigenvalue weighted by molar-refractivity contribution is 5.95. The maximum absolute atomic E-state index is 14.6. The van der Waals surface area contributed by atoms with Gasteiger partial charge in [0.15, 0.2) is 17.4 Å². The molecule has 9 heteroatoms. The minimum atomic E-state index is -1.17. The van der Waals surface area contributed by atoms with Crippen molar-refractivity contribution in [2.24, 2.45) is 4.99 Å². The van der Waals surface area contributed by atoms with Crippen molar-refractivity contribution in [3.63, 3.8) is 0 Å². The van der Waals surface area contributed by atoms with E-state index in [2.05, 4.69) is 38.7 Å². The number of allylic oxidation sites excluding steroid dienone is 2. The summed E-state index contributed by atoms with van der Waals surface area (Å²) in [6.07, 6.45) is 8.10. The molecule has 1 saturated heterocycles. The number of carbonyl (C=O) groups is 1. The van der Waals surface area contributed by atoms with E-state index in [0.717, 1.165) is 43.7 Å². The second kappa shape index (κ2) is 10.2. The number of likely N-dealkylation sites (tertiary alicyclic amines) is 1. The normalized spacial score (nSPS) is 15.3. The first-order valence-electron chi connectivity index (χ1n) is 11.7. The van der Waals surface area contributed by atoms with E-state index in [1.165, 1.54) is 24.6 Å². The summed E-state index contributed by atoms with van der Waals surface area (Å²) in [6.45, 7) is 11.0. The number of aromatic nitrogens is 4. The number of carbonyl (C=O) groups excluding carboxylic acids is 1. The van der Waals surface area contributed by atoms with Crippen molar-refractivity contribution in [3.05, 3.63) is 65.6 Å². The predicted molar refractivity (Wildman–Crippen MR) is 132 cm³/mol. The molecule has 0 amide bonds. The van der Waals surface area contributed by atoms with Gasteiger partial charge in [-0.05, 0) is 56.9 Å². The van der Waals surface area contributed by atoms with Gasteiger partial charge in [0.1, 0.15) is 16.9 Å². The highest BCUT2D eigenvalue weighted by atomic mass is 19.2. The molecule has 0 radical (unpaired) electrons. The van der Waals surface area contributed by atoms with E-state index in [1.54, 1.807) is 12.3 Å². The van der Waals surface area contributed by atoms with E-state index in [9.17, 15) is 13.6 Å². The summed E-state index contributed by atoms with van der Waals surface area (Å²) in [5.74, 6) is -2.07. The van der Waals surface area contributed by atoms with Crippen molar-refractivity contribution in [2.75, 3.05) is 13.1 Å². The lowest BCUT2D eigenvalue weighted by atomic mass is 10.0. The van der Waals surface area contributed by atoms with Gasteiger partial charge in [0.05, 0.1) is 23.5 Å². The number of aliphatic imine (C=N–C) groups is 1. The highest BCUT2D eigenvalue weighted by Gasteiger charge is 2.24. The van der Waals surface area contributed by atoms with Crippen LogP contribution in [0.1, 0.15) is 56.4 Å². The van der Waals surface area contributed by atoms with Gasteiger partial charge in [-0.15, -0.1) is 5.10 Å². The first kappa shape index (κ1) is 24.4. The summed E-state index contributed by atoms with van der Waals surface area (Å²) >= 11 is 0. The maximum Gasteiger partial charge on any atom is 0.170 e. The summed E-state index contributed by atoms with van der Waals surface area (Å²) in [4.78, 5) is 22.5. The molecule has 1 aliphatic heterocycles. The molecule has 2 aromatic heterocycles. The Morgan fingerprint density at radius 2 is 2.00 bits per heavy atom. The van der Waals surface area contributed by atoms with Crippen LogP contribution < -0.4 is 0 Å². The molecule has 4 rings (SSSR count). The molecule has 0 aliphatic carbocycles. The van der Waals surface area contributed by atoms with Gasteiger partial charge in [0, 0.05) is 24.9 Å². The SMILES string of the molecule is C=C(/N=C\C(=C/C)CC)N1CCC(n2nnc3cc(-c4ccc(C(C)=O)c(F)c4F)ncc32)CC1. The van der Waals surface area contributed by atoms with Crippen LogP contribution in [-0.4, -0.2) is 50.0 Å². The van der Waals surface area contributed by atoms with Gasteiger partial charge in [0.25, 0.3) is 0 Å². The molecule has 1 fully saturated rings. The van der Waals surface area contributed by atoms with Crippen LogP contribution in [0.5, 0.6) is 0 Å². The molecular formula is C26H28F2N6O. The molecule has 1 aliphatic rings. The zero-order valence-corrected chi connectivity index (χ0v) is 20.1. The quantitative estimate of drug-likeness (QED) is 0.331. The Hall–Kier alpha value is -3.75. The fraction of sp³-hybridized carbons (Fsp3) is 0.346. The van der Waals surface area contributed by atoms with E-state index < -0.39 is 17.4 Å². The fourth-order valence-corrected chi connectivity index (χ4v) is 4.25. The third-order valence-corrected chi connectivity index (χ3v) is 6.43. The summed E-state index contributed by atoms with van der Waals surface area (Å²) in [5.41, 5.74) is 2.35. The maximum atomic E-state index is 14.6. The number of ketones is 1. The molecule has 0 N–H and O–H groups in total. The van der Waals surface area contributed by atoms with Gasteiger partial charge in [-0.1, -0.05) is 24.8 Å². The molecule has 3 aromatic rings. The van der Waals surface area contributed by atoms with E-state index >= 15 is 0 Å². The van der Waals surface area contributed by atoms with Crippen molar-refractivity contribution in [1.82, 2.24) is 24.9 Å². The lowest BCUT2D eigenvalue weighted by Gasteiger charge is -2.33. The van der Waals surface area contributed by atoms with Crippen LogP contribution in [0, 0.1) is 11.6 Å². The van der Waals surface area contributed by atoms with Crippen molar-refractivity contribution < 1.29 is 13.6 Å². The van der Waals surface area contributed by atoms with Gasteiger partial charge in [-0.3, -0.25) is 9.78 Å². The Labute approximate surface area is 202 Å². The number of piperidine rings is 1. The number of nitrogens with zero attached hydrogens (tertiary/aromatic N) is 6. The molecule has 7 nitrogen and oxygen atoms in total. The van der Waals surface area contributed by atoms with Crippen LogP contribution in [0.15, 0.2) is 53.4 Å². The fourth-order valence-electron chi connectivity index (χ4n) is 4.25.